The van der Waals surface area contributed by atoms with Crippen molar-refractivity contribution in [3.63, 3.8) is 0 Å². The van der Waals surface area contributed by atoms with Crippen LogP contribution < -0.4 is 11.1 Å². The van der Waals surface area contributed by atoms with E-state index in [9.17, 15) is 4.79 Å². The lowest BCUT2D eigenvalue weighted by Crippen LogP contribution is -2.26. The topological polar surface area (TPSA) is 58.4 Å². The van der Waals surface area contributed by atoms with E-state index >= 15 is 0 Å². The van der Waals surface area contributed by atoms with Crippen molar-refractivity contribution in [1.29, 1.82) is 0 Å². The molecular formula is C16H26ClN3O. The summed E-state index contributed by atoms with van der Waals surface area (Å²) >= 11 is 6.03. The highest BCUT2D eigenvalue weighted by molar-refractivity contribution is 6.34. The van der Waals surface area contributed by atoms with Gasteiger partial charge in [-0.3, -0.25) is 4.79 Å². The molecule has 1 atom stereocenters. The van der Waals surface area contributed by atoms with Crippen LogP contribution in [0.15, 0.2) is 18.2 Å². The molecule has 1 unspecified atom stereocenters. The summed E-state index contributed by atoms with van der Waals surface area (Å²) in [4.78, 5) is 14.2. The summed E-state index contributed by atoms with van der Waals surface area (Å²) in [5, 5.41) is 3.29. The fourth-order valence-electron chi connectivity index (χ4n) is 2.11. The predicted molar refractivity (Wildman–Crippen MR) is 90.7 cm³/mol. The van der Waals surface area contributed by atoms with Gasteiger partial charge in [-0.2, -0.15) is 0 Å². The van der Waals surface area contributed by atoms with Crippen molar-refractivity contribution in [2.45, 2.75) is 33.1 Å². The zero-order valence-electron chi connectivity index (χ0n) is 13.2. The molecule has 0 aliphatic rings. The number of nitrogen functional groups attached to an aromatic ring is 1. The molecule has 0 heterocycles. The zero-order chi connectivity index (χ0) is 15.8. The number of halogens is 1. The van der Waals surface area contributed by atoms with Gasteiger partial charge in [-0.1, -0.05) is 31.9 Å². The van der Waals surface area contributed by atoms with Crippen molar-refractivity contribution in [1.82, 2.24) is 4.90 Å². The second-order valence-corrected chi connectivity index (χ2v) is 6.07. The first-order valence-electron chi connectivity index (χ1n) is 7.45. The molecule has 0 saturated carbocycles. The molecule has 1 rings (SSSR count). The summed E-state index contributed by atoms with van der Waals surface area (Å²) < 4.78 is 0. The molecule has 0 aromatic heterocycles. The Bertz CT molecular complexity index is 465. The number of carbonyl (C=O) groups is 1. The largest absolute Gasteiger partial charge is 0.399 e. The van der Waals surface area contributed by atoms with Gasteiger partial charge in [0.2, 0.25) is 5.91 Å². The summed E-state index contributed by atoms with van der Waals surface area (Å²) in [6.07, 6.45) is 2.51. The number of amides is 1. The number of nitrogens with two attached hydrogens (primary N) is 1. The lowest BCUT2D eigenvalue weighted by molar-refractivity contribution is -0.116. The predicted octanol–water partition coefficient (Wildman–Crippen LogP) is 3.62. The molecule has 21 heavy (non-hydrogen) atoms. The maximum absolute atomic E-state index is 11.9. The Labute approximate surface area is 132 Å². The van der Waals surface area contributed by atoms with Crippen LogP contribution in [0.25, 0.3) is 0 Å². The van der Waals surface area contributed by atoms with Crippen molar-refractivity contribution in [2.75, 3.05) is 31.2 Å². The third kappa shape index (κ3) is 6.82. The minimum absolute atomic E-state index is 0.0152. The van der Waals surface area contributed by atoms with Gasteiger partial charge < -0.3 is 16.0 Å². The minimum atomic E-state index is -0.0152. The summed E-state index contributed by atoms with van der Waals surface area (Å²) in [5.41, 5.74) is 6.82. The minimum Gasteiger partial charge on any atom is -0.399 e. The first-order chi connectivity index (χ1) is 9.92. The number of anilines is 2. The third-order valence-corrected chi connectivity index (χ3v) is 3.84. The Morgan fingerprint density at radius 3 is 2.81 bits per heavy atom. The van der Waals surface area contributed by atoms with Gasteiger partial charge >= 0.3 is 0 Å². The second-order valence-electron chi connectivity index (χ2n) is 5.67. The van der Waals surface area contributed by atoms with Crippen molar-refractivity contribution in [3.8, 4) is 0 Å². The smallest absolute Gasteiger partial charge is 0.224 e. The van der Waals surface area contributed by atoms with Gasteiger partial charge in [-0.15, -0.1) is 0 Å². The summed E-state index contributed by atoms with van der Waals surface area (Å²) in [6.45, 7) is 6.43. The van der Waals surface area contributed by atoms with Crippen LogP contribution in [0.2, 0.25) is 5.02 Å². The van der Waals surface area contributed by atoms with Gasteiger partial charge in [0, 0.05) is 18.7 Å². The Balaban J connectivity index is 2.31. The molecule has 118 valence electrons. The second kappa shape index (κ2) is 8.90. The molecule has 0 aliphatic heterocycles. The number of rotatable bonds is 8. The molecule has 3 N–H and O–H groups in total. The van der Waals surface area contributed by atoms with Crippen LogP contribution in [0.3, 0.4) is 0 Å². The molecule has 4 nitrogen and oxygen atoms in total. The van der Waals surface area contributed by atoms with E-state index in [1.54, 1.807) is 18.2 Å². The monoisotopic (exact) mass is 311 g/mol. The molecular weight excluding hydrogens is 286 g/mol. The molecule has 0 aliphatic carbocycles. The Kier molecular flexibility index (Phi) is 7.54. The van der Waals surface area contributed by atoms with Gasteiger partial charge in [-0.05, 0) is 44.1 Å². The van der Waals surface area contributed by atoms with Crippen molar-refractivity contribution < 1.29 is 4.79 Å². The van der Waals surface area contributed by atoms with E-state index in [0.29, 0.717) is 28.7 Å². The highest BCUT2D eigenvalue weighted by Crippen LogP contribution is 2.24. The highest BCUT2D eigenvalue weighted by atomic mass is 35.5. The Hall–Kier alpha value is -1.26. The van der Waals surface area contributed by atoms with Gasteiger partial charge in [0.1, 0.15) is 0 Å². The molecule has 1 aromatic rings. The van der Waals surface area contributed by atoms with Gasteiger partial charge in [0.15, 0.2) is 0 Å². The van der Waals surface area contributed by atoms with Crippen molar-refractivity contribution in [2.24, 2.45) is 5.92 Å². The number of carbonyl (C=O) groups excluding carboxylic acids is 1. The van der Waals surface area contributed by atoms with E-state index < -0.39 is 0 Å². The van der Waals surface area contributed by atoms with E-state index in [-0.39, 0.29) is 5.91 Å². The van der Waals surface area contributed by atoms with Crippen molar-refractivity contribution in [3.05, 3.63) is 23.2 Å². The van der Waals surface area contributed by atoms with Crippen LogP contribution in [0.1, 0.15) is 33.1 Å². The van der Waals surface area contributed by atoms with Crippen LogP contribution in [0, 0.1) is 5.92 Å². The Morgan fingerprint density at radius 2 is 2.19 bits per heavy atom. The first-order valence-corrected chi connectivity index (χ1v) is 7.83. The average Bonchev–Trinajstić information content (AvgIpc) is 2.41. The summed E-state index contributed by atoms with van der Waals surface area (Å²) in [7, 11) is 2.10. The van der Waals surface area contributed by atoms with Crippen LogP contribution in [-0.4, -0.2) is 30.9 Å². The molecule has 1 amide bonds. The van der Waals surface area contributed by atoms with E-state index in [0.717, 1.165) is 19.5 Å². The van der Waals surface area contributed by atoms with Crippen LogP contribution in [-0.2, 0) is 4.79 Å². The molecule has 0 bridgehead atoms. The van der Waals surface area contributed by atoms with E-state index in [2.05, 4.69) is 31.1 Å². The number of hydrogen-bond donors (Lipinski definition) is 2. The van der Waals surface area contributed by atoms with E-state index in [1.807, 2.05) is 0 Å². The lowest BCUT2D eigenvalue weighted by atomic mass is 10.1. The van der Waals surface area contributed by atoms with Gasteiger partial charge in [-0.25, -0.2) is 0 Å². The molecule has 0 spiro atoms. The first kappa shape index (κ1) is 17.8. The number of benzene rings is 1. The van der Waals surface area contributed by atoms with Crippen LogP contribution in [0.5, 0.6) is 0 Å². The fraction of sp³-hybridized carbons (Fsp3) is 0.562. The molecule has 1 aromatic carbocycles. The number of nitrogens with zero attached hydrogens (tertiary/aromatic N) is 1. The van der Waals surface area contributed by atoms with Gasteiger partial charge in [0.25, 0.3) is 0 Å². The van der Waals surface area contributed by atoms with E-state index in [4.69, 9.17) is 17.3 Å². The fourth-order valence-corrected chi connectivity index (χ4v) is 2.34. The summed E-state index contributed by atoms with van der Waals surface area (Å²) in [6, 6.07) is 5.09. The molecule has 5 heteroatoms. The van der Waals surface area contributed by atoms with Gasteiger partial charge in [0.05, 0.1) is 10.7 Å². The lowest BCUT2D eigenvalue weighted by Gasteiger charge is -2.20. The number of nitrogens with one attached hydrogen (secondary N) is 1. The zero-order valence-corrected chi connectivity index (χ0v) is 13.9. The average molecular weight is 312 g/mol. The standard InChI is InChI=1S/C16H26ClN3O/c1-4-12(2)11-20(3)9-5-6-16(21)19-15-8-7-13(18)10-14(15)17/h7-8,10,12H,4-6,9,11,18H2,1-3H3,(H,19,21). The van der Waals surface area contributed by atoms with Crippen LogP contribution in [0.4, 0.5) is 11.4 Å². The van der Waals surface area contributed by atoms with Crippen molar-refractivity contribution >= 4 is 28.9 Å². The molecule has 0 saturated heterocycles. The SMILES string of the molecule is CCC(C)CN(C)CCCC(=O)Nc1ccc(N)cc1Cl. The third-order valence-electron chi connectivity index (χ3n) is 3.53. The number of hydrogen-bond acceptors (Lipinski definition) is 3. The maximum atomic E-state index is 11.9. The quantitative estimate of drug-likeness (QED) is 0.721. The van der Waals surface area contributed by atoms with E-state index in [1.165, 1.54) is 6.42 Å². The normalized spacial score (nSPS) is 12.4. The maximum Gasteiger partial charge on any atom is 0.224 e. The van der Waals surface area contributed by atoms with Crippen LogP contribution >= 0.6 is 11.6 Å². The molecule has 0 fully saturated rings. The molecule has 0 radical (unpaired) electrons. The Morgan fingerprint density at radius 1 is 1.48 bits per heavy atom. The summed E-state index contributed by atoms with van der Waals surface area (Å²) in [5.74, 6) is 0.677. The highest BCUT2D eigenvalue weighted by Gasteiger charge is 2.08.